The monoisotopic (exact) mass is 300 g/mol. The maximum absolute atomic E-state index is 8.84. The molecule has 21 heavy (non-hydrogen) atoms. The van der Waals surface area contributed by atoms with Crippen LogP contribution in [0.15, 0.2) is 36.4 Å². The number of nitrogens with zero attached hydrogens (tertiary/aromatic N) is 1. The van der Waals surface area contributed by atoms with Crippen molar-refractivity contribution in [2.75, 3.05) is 0 Å². The Morgan fingerprint density at radius 2 is 2.05 bits per heavy atom. The van der Waals surface area contributed by atoms with Gasteiger partial charge in [-0.1, -0.05) is 29.8 Å². The Bertz CT molecular complexity index is 690. The zero-order valence-corrected chi connectivity index (χ0v) is 12.8. The Balaban J connectivity index is 2.20. The predicted molar refractivity (Wildman–Crippen MR) is 84.3 cm³/mol. The quantitative estimate of drug-likeness (QED) is 0.924. The summed E-state index contributed by atoms with van der Waals surface area (Å²) in [6, 6.07) is 13.1. The number of halogens is 1. The molecule has 0 aliphatic heterocycles. The highest BCUT2D eigenvalue weighted by Crippen LogP contribution is 2.27. The summed E-state index contributed by atoms with van der Waals surface area (Å²) in [6.07, 6.45) is 0. The first-order valence-corrected chi connectivity index (χ1v) is 7.06. The van der Waals surface area contributed by atoms with E-state index in [9.17, 15) is 0 Å². The highest BCUT2D eigenvalue weighted by molar-refractivity contribution is 6.31. The molecule has 0 aliphatic carbocycles. The number of hydrogen-bond acceptors (Lipinski definition) is 3. The number of benzene rings is 2. The van der Waals surface area contributed by atoms with E-state index in [1.54, 1.807) is 12.1 Å². The molecule has 4 heteroatoms. The van der Waals surface area contributed by atoms with E-state index in [4.69, 9.17) is 27.3 Å². The summed E-state index contributed by atoms with van der Waals surface area (Å²) in [6.45, 7) is 4.27. The predicted octanol–water partition coefficient (Wildman–Crippen LogP) is 4.12. The van der Waals surface area contributed by atoms with E-state index < -0.39 is 0 Å². The summed E-state index contributed by atoms with van der Waals surface area (Å²) in [5.41, 5.74) is 9.41. The number of hydrogen-bond donors (Lipinski definition) is 1. The van der Waals surface area contributed by atoms with E-state index in [0.717, 1.165) is 22.4 Å². The molecule has 0 amide bonds. The van der Waals surface area contributed by atoms with Crippen LogP contribution in [0.5, 0.6) is 5.75 Å². The minimum atomic E-state index is -0.1000. The van der Waals surface area contributed by atoms with E-state index in [1.165, 1.54) is 0 Å². The lowest BCUT2D eigenvalue weighted by Gasteiger charge is -2.15. The molecule has 0 saturated carbocycles. The molecule has 1 atom stereocenters. The van der Waals surface area contributed by atoms with Gasteiger partial charge in [0.25, 0.3) is 0 Å². The average Bonchev–Trinajstić information content (AvgIpc) is 2.45. The lowest BCUT2D eigenvalue weighted by atomic mass is 10.1. The number of aryl methyl sites for hydroxylation is 1. The normalized spacial score (nSPS) is 11.8. The smallest absolute Gasteiger partial charge is 0.124 e. The molecule has 0 aliphatic rings. The van der Waals surface area contributed by atoms with Gasteiger partial charge in [-0.3, -0.25) is 0 Å². The van der Waals surface area contributed by atoms with E-state index in [2.05, 4.69) is 6.07 Å². The van der Waals surface area contributed by atoms with E-state index in [1.807, 2.05) is 38.1 Å². The van der Waals surface area contributed by atoms with Gasteiger partial charge in [-0.05, 0) is 37.6 Å². The van der Waals surface area contributed by atoms with Crippen LogP contribution in [0.3, 0.4) is 0 Å². The summed E-state index contributed by atoms with van der Waals surface area (Å²) in [7, 11) is 0. The number of ether oxygens (including phenoxy) is 1. The fourth-order valence-corrected chi connectivity index (χ4v) is 2.27. The standard InChI is InChI=1S/C17H17ClN2O/c1-11-3-6-15(12(2)20)17(7-11)21-10-14-5-4-13(9-19)8-16(14)18/h3-8,12H,10,20H2,1-2H3. The van der Waals surface area contributed by atoms with Gasteiger partial charge < -0.3 is 10.5 Å². The van der Waals surface area contributed by atoms with Crippen molar-refractivity contribution >= 4 is 11.6 Å². The molecule has 108 valence electrons. The third-order valence-corrected chi connectivity index (χ3v) is 3.58. The van der Waals surface area contributed by atoms with Crippen LogP contribution in [0.25, 0.3) is 0 Å². The topological polar surface area (TPSA) is 59.0 Å². The molecule has 2 aromatic rings. The van der Waals surface area contributed by atoms with Crippen molar-refractivity contribution in [1.82, 2.24) is 0 Å². The summed E-state index contributed by atoms with van der Waals surface area (Å²) in [5.74, 6) is 0.769. The van der Waals surface area contributed by atoms with Crippen molar-refractivity contribution in [3.63, 3.8) is 0 Å². The fraction of sp³-hybridized carbons (Fsp3) is 0.235. The molecule has 3 nitrogen and oxygen atoms in total. The molecule has 0 fully saturated rings. The Kier molecular flexibility index (Phi) is 4.85. The van der Waals surface area contributed by atoms with Gasteiger partial charge in [0.1, 0.15) is 12.4 Å². The van der Waals surface area contributed by atoms with Crippen LogP contribution < -0.4 is 10.5 Å². The molecule has 2 rings (SSSR count). The van der Waals surface area contributed by atoms with Crippen molar-refractivity contribution in [2.45, 2.75) is 26.5 Å². The summed E-state index contributed by atoms with van der Waals surface area (Å²) >= 11 is 6.15. The lowest BCUT2D eigenvalue weighted by Crippen LogP contribution is -2.08. The number of rotatable bonds is 4. The Morgan fingerprint density at radius 1 is 1.29 bits per heavy atom. The molecular weight excluding hydrogens is 284 g/mol. The first-order valence-electron chi connectivity index (χ1n) is 6.68. The number of nitriles is 1. The summed E-state index contributed by atoms with van der Waals surface area (Å²) < 4.78 is 5.87. The summed E-state index contributed by atoms with van der Waals surface area (Å²) in [4.78, 5) is 0. The van der Waals surface area contributed by atoms with Crippen molar-refractivity contribution in [3.05, 3.63) is 63.7 Å². The summed E-state index contributed by atoms with van der Waals surface area (Å²) in [5, 5.41) is 9.37. The van der Waals surface area contributed by atoms with Gasteiger partial charge in [0.05, 0.1) is 11.6 Å². The maximum Gasteiger partial charge on any atom is 0.124 e. The van der Waals surface area contributed by atoms with Gasteiger partial charge in [-0.25, -0.2) is 0 Å². The van der Waals surface area contributed by atoms with Crippen LogP contribution >= 0.6 is 11.6 Å². The zero-order valence-electron chi connectivity index (χ0n) is 12.1. The SMILES string of the molecule is Cc1ccc(C(C)N)c(OCc2ccc(C#N)cc2Cl)c1. The molecule has 1 unspecified atom stereocenters. The van der Waals surface area contributed by atoms with Crippen molar-refractivity contribution < 1.29 is 4.74 Å². The van der Waals surface area contributed by atoms with Gasteiger partial charge in [-0.2, -0.15) is 5.26 Å². The number of nitrogens with two attached hydrogens (primary N) is 1. The van der Waals surface area contributed by atoms with E-state index >= 15 is 0 Å². The van der Waals surface area contributed by atoms with Gasteiger partial charge in [0.2, 0.25) is 0 Å². The van der Waals surface area contributed by atoms with Gasteiger partial charge in [-0.15, -0.1) is 0 Å². The van der Waals surface area contributed by atoms with Crippen molar-refractivity contribution in [3.8, 4) is 11.8 Å². The second-order valence-corrected chi connectivity index (χ2v) is 5.44. The van der Waals surface area contributed by atoms with Gasteiger partial charge in [0, 0.05) is 22.2 Å². The Morgan fingerprint density at radius 3 is 2.67 bits per heavy atom. The molecule has 0 radical (unpaired) electrons. The largest absolute Gasteiger partial charge is 0.488 e. The second kappa shape index (κ2) is 6.62. The molecule has 2 N–H and O–H groups in total. The molecule has 0 bridgehead atoms. The van der Waals surface area contributed by atoms with Crippen LogP contribution in [-0.4, -0.2) is 0 Å². The van der Waals surface area contributed by atoms with E-state index in [-0.39, 0.29) is 6.04 Å². The molecule has 0 spiro atoms. The van der Waals surface area contributed by atoms with Crippen molar-refractivity contribution in [1.29, 1.82) is 5.26 Å². The van der Waals surface area contributed by atoms with Crippen LogP contribution in [0.4, 0.5) is 0 Å². The minimum Gasteiger partial charge on any atom is -0.488 e. The molecule has 0 saturated heterocycles. The average molecular weight is 301 g/mol. The van der Waals surface area contributed by atoms with Crippen LogP contribution in [0.1, 0.15) is 35.2 Å². The first-order chi connectivity index (χ1) is 10.0. The lowest BCUT2D eigenvalue weighted by molar-refractivity contribution is 0.301. The van der Waals surface area contributed by atoms with Gasteiger partial charge >= 0.3 is 0 Å². The highest BCUT2D eigenvalue weighted by Gasteiger charge is 2.10. The third kappa shape index (κ3) is 3.75. The highest BCUT2D eigenvalue weighted by atomic mass is 35.5. The van der Waals surface area contributed by atoms with Crippen LogP contribution in [0, 0.1) is 18.3 Å². The second-order valence-electron chi connectivity index (χ2n) is 5.04. The minimum absolute atomic E-state index is 0.1000. The van der Waals surface area contributed by atoms with Crippen LogP contribution in [0.2, 0.25) is 5.02 Å². The zero-order chi connectivity index (χ0) is 15.4. The van der Waals surface area contributed by atoms with Gasteiger partial charge in [0.15, 0.2) is 0 Å². The molecule has 0 aromatic heterocycles. The fourth-order valence-electron chi connectivity index (χ4n) is 2.03. The van der Waals surface area contributed by atoms with E-state index in [0.29, 0.717) is 17.2 Å². The first kappa shape index (κ1) is 15.4. The van der Waals surface area contributed by atoms with Crippen LogP contribution in [-0.2, 0) is 6.61 Å². The molecule has 2 aromatic carbocycles. The third-order valence-electron chi connectivity index (χ3n) is 3.22. The Labute approximate surface area is 129 Å². The molecular formula is C17H17ClN2O. The Hall–Kier alpha value is -2.02. The van der Waals surface area contributed by atoms with Crippen molar-refractivity contribution in [2.24, 2.45) is 5.73 Å². The molecule has 0 heterocycles. The maximum atomic E-state index is 8.84.